The van der Waals surface area contributed by atoms with Crippen molar-refractivity contribution in [3.05, 3.63) is 29.3 Å². The number of aliphatic hydroxyl groups is 1. The maximum Gasteiger partial charge on any atom is 0.416 e. The summed E-state index contributed by atoms with van der Waals surface area (Å²) in [5.41, 5.74) is -0.591. The van der Waals surface area contributed by atoms with Crippen LogP contribution in [0.1, 0.15) is 24.2 Å². The molecule has 2 rings (SSSR count). The van der Waals surface area contributed by atoms with Gasteiger partial charge in [0.1, 0.15) is 5.75 Å². The lowest BCUT2D eigenvalue weighted by molar-refractivity contribution is -0.137. The third kappa shape index (κ3) is 4.59. The number of alkyl halides is 3. The molecule has 4 nitrogen and oxygen atoms in total. The average Bonchev–Trinajstić information content (AvgIpc) is 2.53. The molecule has 2 N–H and O–H groups in total. The Balaban J connectivity index is 2.17. The highest BCUT2D eigenvalue weighted by Gasteiger charge is 2.33. The molecule has 2 unspecified atom stereocenters. The van der Waals surface area contributed by atoms with Crippen molar-refractivity contribution in [1.82, 2.24) is 10.2 Å². The Morgan fingerprint density at radius 3 is 2.52 bits per heavy atom. The fourth-order valence-electron chi connectivity index (χ4n) is 2.85. The van der Waals surface area contributed by atoms with Crippen molar-refractivity contribution in [2.45, 2.75) is 19.2 Å². The molecule has 0 aromatic heterocycles. The predicted octanol–water partition coefficient (Wildman–Crippen LogP) is 2.29. The standard InChI is InChI=1S/C16H23F3N2O2/c1-11(10-21-7-5-20-6-8-21)15(22)13-9-12(16(17,18)19)3-4-14(13)23-2/h3-4,9,11,15,20,22H,5-8,10H2,1-2H3. The molecule has 1 aromatic carbocycles. The molecule has 0 saturated carbocycles. The number of aliphatic hydroxyl groups excluding tert-OH is 1. The number of halogens is 3. The third-order valence-electron chi connectivity index (χ3n) is 4.17. The van der Waals surface area contributed by atoms with E-state index in [-0.39, 0.29) is 17.2 Å². The van der Waals surface area contributed by atoms with Crippen LogP contribution in [0.2, 0.25) is 0 Å². The van der Waals surface area contributed by atoms with E-state index in [0.717, 1.165) is 38.3 Å². The van der Waals surface area contributed by atoms with Crippen LogP contribution in [-0.4, -0.2) is 49.8 Å². The van der Waals surface area contributed by atoms with Crippen LogP contribution in [0.15, 0.2) is 18.2 Å². The summed E-state index contributed by atoms with van der Waals surface area (Å²) in [4.78, 5) is 2.20. The Labute approximate surface area is 134 Å². The fourth-order valence-corrected chi connectivity index (χ4v) is 2.85. The first-order chi connectivity index (χ1) is 10.8. The fraction of sp³-hybridized carbons (Fsp3) is 0.625. The van der Waals surface area contributed by atoms with Crippen LogP contribution < -0.4 is 10.1 Å². The number of hydrogen-bond donors (Lipinski definition) is 2. The van der Waals surface area contributed by atoms with Crippen molar-refractivity contribution in [1.29, 1.82) is 0 Å². The predicted molar refractivity (Wildman–Crippen MR) is 81.4 cm³/mol. The topological polar surface area (TPSA) is 44.7 Å². The summed E-state index contributed by atoms with van der Waals surface area (Å²) in [6.07, 6.45) is -5.45. The van der Waals surface area contributed by atoms with E-state index in [2.05, 4.69) is 10.2 Å². The summed E-state index contributed by atoms with van der Waals surface area (Å²) in [5.74, 6) is 0.0724. The zero-order chi connectivity index (χ0) is 17.0. The SMILES string of the molecule is COc1ccc(C(F)(F)F)cc1C(O)C(C)CN1CCNCC1. The van der Waals surface area contributed by atoms with Gasteiger partial charge in [-0.25, -0.2) is 0 Å². The lowest BCUT2D eigenvalue weighted by atomic mass is 9.94. The van der Waals surface area contributed by atoms with Crippen LogP contribution in [0, 0.1) is 5.92 Å². The van der Waals surface area contributed by atoms with Crippen LogP contribution in [0.3, 0.4) is 0 Å². The van der Waals surface area contributed by atoms with Gasteiger partial charge >= 0.3 is 6.18 Å². The smallest absolute Gasteiger partial charge is 0.416 e. The first-order valence-corrected chi connectivity index (χ1v) is 7.69. The monoisotopic (exact) mass is 332 g/mol. The maximum absolute atomic E-state index is 12.9. The number of nitrogens with zero attached hydrogens (tertiary/aromatic N) is 1. The zero-order valence-electron chi connectivity index (χ0n) is 13.4. The molecule has 23 heavy (non-hydrogen) atoms. The van der Waals surface area contributed by atoms with Gasteiger partial charge in [-0.2, -0.15) is 13.2 Å². The van der Waals surface area contributed by atoms with E-state index >= 15 is 0 Å². The van der Waals surface area contributed by atoms with E-state index in [4.69, 9.17) is 4.74 Å². The minimum absolute atomic E-state index is 0.185. The minimum Gasteiger partial charge on any atom is -0.496 e. The molecule has 1 aliphatic heterocycles. The Kier molecular flexibility index (Phi) is 5.89. The van der Waals surface area contributed by atoms with Crippen molar-refractivity contribution >= 4 is 0 Å². The van der Waals surface area contributed by atoms with E-state index in [1.807, 2.05) is 6.92 Å². The van der Waals surface area contributed by atoms with Crippen LogP contribution in [0.25, 0.3) is 0 Å². The Morgan fingerprint density at radius 1 is 1.30 bits per heavy atom. The van der Waals surface area contributed by atoms with Gasteiger partial charge in [0, 0.05) is 38.3 Å². The van der Waals surface area contributed by atoms with Crippen LogP contribution >= 0.6 is 0 Å². The van der Waals surface area contributed by atoms with Crippen molar-refractivity contribution in [2.24, 2.45) is 5.92 Å². The second kappa shape index (κ2) is 7.51. The molecule has 1 aromatic rings. The van der Waals surface area contributed by atoms with Crippen LogP contribution in [-0.2, 0) is 6.18 Å². The molecule has 130 valence electrons. The molecule has 0 radical (unpaired) electrons. The number of benzene rings is 1. The number of rotatable bonds is 5. The molecular formula is C16H23F3N2O2. The molecule has 0 spiro atoms. The van der Waals surface area contributed by atoms with Crippen molar-refractivity contribution in [2.75, 3.05) is 39.8 Å². The molecule has 0 bridgehead atoms. The van der Waals surface area contributed by atoms with Crippen molar-refractivity contribution < 1.29 is 23.0 Å². The highest BCUT2D eigenvalue weighted by Crippen LogP contribution is 2.36. The first-order valence-electron chi connectivity index (χ1n) is 7.69. The molecule has 7 heteroatoms. The first kappa shape index (κ1) is 18.0. The summed E-state index contributed by atoms with van der Waals surface area (Å²) >= 11 is 0. The molecule has 2 atom stereocenters. The van der Waals surface area contributed by atoms with E-state index in [1.54, 1.807) is 0 Å². The second-order valence-corrected chi connectivity index (χ2v) is 5.93. The zero-order valence-corrected chi connectivity index (χ0v) is 13.4. The summed E-state index contributed by atoms with van der Waals surface area (Å²) in [6, 6.07) is 3.21. The molecule has 0 aliphatic carbocycles. The normalized spacial score (nSPS) is 19.4. The lowest BCUT2D eigenvalue weighted by Crippen LogP contribution is -2.45. The number of hydrogen-bond acceptors (Lipinski definition) is 4. The highest BCUT2D eigenvalue weighted by atomic mass is 19.4. The van der Waals surface area contributed by atoms with Gasteiger partial charge in [-0.15, -0.1) is 0 Å². The molecule has 1 aliphatic rings. The Hall–Kier alpha value is -1.31. The minimum atomic E-state index is -4.44. The maximum atomic E-state index is 12.9. The molecule has 1 saturated heterocycles. The van der Waals surface area contributed by atoms with Gasteiger partial charge in [0.15, 0.2) is 0 Å². The summed E-state index contributed by atoms with van der Waals surface area (Å²) in [7, 11) is 1.39. The van der Waals surface area contributed by atoms with Gasteiger partial charge < -0.3 is 20.1 Å². The van der Waals surface area contributed by atoms with Crippen molar-refractivity contribution in [3.63, 3.8) is 0 Å². The van der Waals surface area contributed by atoms with Gasteiger partial charge in [0.25, 0.3) is 0 Å². The molecular weight excluding hydrogens is 309 g/mol. The van der Waals surface area contributed by atoms with Crippen LogP contribution in [0.4, 0.5) is 13.2 Å². The van der Waals surface area contributed by atoms with Gasteiger partial charge in [-0.05, 0) is 24.1 Å². The average molecular weight is 332 g/mol. The van der Waals surface area contributed by atoms with Gasteiger partial charge in [-0.3, -0.25) is 0 Å². The summed E-state index contributed by atoms with van der Waals surface area (Å²) in [5, 5.41) is 13.8. The number of methoxy groups -OCH3 is 1. The third-order valence-corrected chi connectivity index (χ3v) is 4.17. The largest absolute Gasteiger partial charge is 0.496 e. The molecule has 1 fully saturated rings. The van der Waals surface area contributed by atoms with E-state index in [0.29, 0.717) is 6.54 Å². The van der Waals surface area contributed by atoms with E-state index < -0.39 is 17.8 Å². The summed E-state index contributed by atoms with van der Waals surface area (Å²) in [6.45, 7) is 5.98. The number of nitrogens with one attached hydrogen (secondary N) is 1. The number of piperazine rings is 1. The second-order valence-electron chi connectivity index (χ2n) is 5.93. The Morgan fingerprint density at radius 2 is 1.96 bits per heavy atom. The van der Waals surface area contributed by atoms with Gasteiger partial charge in [0.05, 0.1) is 18.8 Å². The summed E-state index contributed by atoms with van der Waals surface area (Å²) < 4.78 is 43.8. The van der Waals surface area contributed by atoms with Crippen LogP contribution in [0.5, 0.6) is 5.75 Å². The van der Waals surface area contributed by atoms with Gasteiger partial charge in [-0.1, -0.05) is 6.92 Å². The number of ether oxygens (including phenoxy) is 1. The quantitative estimate of drug-likeness (QED) is 0.868. The Bertz CT molecular complexity index is 517. The van der Waals surface area contributed by atoms with Crippen molar-refractivity contribution in [3.8, 4) is 5.75 Å². The molecule has 0 amide bonds. The lowest BCUT2D eigenvalue weighted by Gasteiger charge is -2.31. The van der Waals surface area contributed by atoms with E-state index in [9.17, 15) is 18.3 Å². The van der Waals surface area contributed by atoms with Gasteiger partial charge in [0.2, 0.25) is 0 Å². The van der Waals surface area contributed by atoms with E-state index in [1.165, 1.54) is 13.2 Å². The molecule has 1 heterocycles. The highest BCUT2D eigenvalue weighted by molar-refractivity contribution is 5.40.